The normalized spacial score (nSPS) is 11.3. The molecule has 0 fully saturated rings. The van der Waals surface area contributed by atoms with E-state index in [0.717, 1.165) is 6.42 Å². The fraction of sp³-hybridized carbons (Fsp3) is 0.613. The van der Waals surface area contributed by atoms with Gasteiger partial charge in [-0.25, -0.2) is 0 Å². The quantitative estimate of drug-likeness (QED) is 0.208. The lowest BCUT2D eigenvalue weighted by Gasteiger charge is -2.18. The van der Waals surface area contributed by atoms with Crippen LogP contribution in [0, 0.1) is 0 Å². The minimum Gasteiger partial charge on any atom is -0.508 e. The average molecular weight is 453 g/mol. The van der Waals surface area contributed by atoms with Crippen LogP contribution in [0.3, 0.4) is 0 Å². The van der Waals surface area contributed by atoms with Crippen molar-refractivity contribution in [3.05, 3.63) is 59.7 Å². The third kappa shape index (κ3) is 12.2. The number of hydrogen-bond donors (Lipinski definition) is 2. The molecule has 0 aliphatic rings. The molecule has 2 heteroatoms. The van der Waals surface area contributed by atoms with Crippen LogP contribution in [0.1, 0.15) is 133 Å². The predicted molar refractivity (Wildman–Crippen MR) is 142 cm³/mol. The Morgan fingerprint density at radius 2 is 0.758 bits per heavy atom. The topological polar surface area (TPSA) is 40.5 Å². The molecule has 0 unspecified atom stereocenters. The molecular weight excluding hydrogens is 404 g/mol. The predicted octanol–water partition coefficient (Wildman–Crippen LogP) is 9.88. The van der Waals surface area contributed by atoms with E-state index in [1.165, 1.54) is 114 Å². The molecule has 0 aromatic heterocycles. The van der Waals surface area contributed by atoms with Crippen molar-refractivity contribution in [3.63, 3.8) is 0 Å². The summed E-state index contributed by atoms with van der Waals surface area (Å²) >= 11 is 0. The van der Waals surface area contributed by atoms with Gasteiger partial charge < -0.3 is 10.2 Å². The van der Waals surface area contributed by atoms with Crippen LogP contribution in [0.15, 0.2) is 48.5 Å². The number of phenols is 2. The third-order valence-electron chi connectivity index (χ3n) is 6.94. The lowest BCUT2D eigenvalue weighted by atomic mass is 9.86. The molecule has 184 valence electrons. The molecule has 0 spiro atoms. The van der Waals surface area contributed by atoms with E-state index in [1.807, 2.05) is 24.3 Å². The molecular formula is C31H48O2. The van der Waals surface area contributed by atoms with Gasteiger partial charge in [-0.1, -0.05) is 134 Å². The van der Waals surface area contributed by atoms with Crippen molar-refractivity contribution in [3.8, 4) is 11.5 Å². The van der Waals surface area contributed by atoms with Crippen molar-refractivity contribution < 1.29 is 10.2 Å². The highest BCUT2D eigenvalue weighted by molar-refractivity contribution is 5.37. The van der Waals surface area contributed by atoms with Gasteiger partial charge in [0.15, 0.2) is 0 Å². The lowest BCUT2D eigenvalue weighted by molar-refractivity contribution is 0.474. The summed E-state index contributed by atoms with van der Waals surface area (Å²) in [5, 5.41) is 19.3. The average Bonchev–Trinajstić information content (AvgIpc) is 2.83. The summed E-state index contributed by atoms with van der Waals surface area (Å²) in [6.45, 7) is 2.29. The van der Waals surface area contributed by atoms with Crippen LogP contribution in [-0.4, -0.2) is 10.2 Å². The maximum Gasteiger partial charge on any atom is 0.115 e. The molecule has 0 bridgehead atoms. The van der Waals surface area contributed by atoms with Crippen LogP contribution in [0.5, 0.6) is 11.5 Å². The summed E-state index contributed by atoms with van der Waals surface area (Å²) in [7, 11) is 0. The first-order chi connectivity index (χ1) is 16.2. The monoisotopic (exact) mass is 452 g/mol. The summed E-state index contributed by atoms with van der Waals surface area (Å²) in [6.07, 6.45) is 23.3. The molecule has 0 radical (unpaired) electrons. The van der Waals surface area contributed by atoms with E-state index in [1.54, 1.807) is 24.3 Å². The van der Waals surface area contributed by atoms with Crippen molar-refractivity contribution in [1.29, 1.82) is 0 Å². The summed E-state index contributed by atoms with van der Waals surface area (Å²) in [5.41, 5.74) is 2.47. The van der Waals surface area contributed by atoms with Crippen molar-refractivity contribution >= 4 is 0 Å². The van der Waals surface area contributed by atoms with E-state index in [9.17, 15) is 10.2 Å². The first kappa shape index (κ1) is 27.3. The van der Waals surface area contributed by atoms with Crippen LogP contribution in [0.4, 0.5) is 0 Å². The molecule has 0 saturated heterocycles. The van der Waals surface area contributed by atoms with Gasteiger partial charge in [0.1, 0.15) is 11.5 Å². The van der Waals surface area contributed by atoms with E-state index in [2.05, 4.69) is 6.92 Å². The molecule has 2 aromatic carbocycles. The molecule has 0 amide bonds. The largest absolute Gasteiger partial charge is 0.508 e. The smallest absolute Gasteiger partial charge is 0.115 e. The van der Waals surface area contributed by atoms with Crippen molar-refractivity contribution in [2.45, 2.75) is 122 Å². The van der Waals surface area contributed by atoms with Gasteiger partial charge in [-0.2, -0.15) is 0 Å². The highest BCUT2D eigenvalue weighted by atomic mass is 16.3. The summed E-state index contributed by atoms with van der Waals surface area (Å²) < 4.78 is 0. The van der Waals surface area contributed by atoms with Gasteiger partial charge in [0.2, 0.25) is 0 Å². The second kappa shape index (κ2) is 17.5. The Morgan fingerprint density at radius 1 is 0.455 bits per heavy atom. The number of unbranched alkanes of at least 4 members (excludes halogenated alkanes) is 15. The zero-order valence-corrected chi connectivity index (χ0v) is 21.1. The molecule has 2 nitrogen and oxygen atoms in total. The Bertz CT molecular complexity index is 659. The first-order valence-electron chi connectivity index (χ1n) is 13.8. The number of rotatable bonds is 19. The maximum absolute atomic E-state index is 9.64. The van der Waals surface area contributed by atoms with E-state index in [0.29, 0.717) is 17.4 Å². The van der Waals surface area contributed by atoms with Crippen LogP contribution in [0.2, 0.25) is 0 Å². The number of benzene rings is 2. The van der Waals surface area contributed by atoms with Crippen LogP contribution in [0.25, 0.3) is 0 Å². The SMILES string of the molecule is CCCCCCCCCCCCCCCCCCC(c1ccc(O)cc1)c1ccc(O)cc1. The van der Waals surface area contributed by atoms with E-state index >= 15 is 0 Å². The van der Waals surface area contributed by atoms with Gasteiger partial charge in [0, 0.05) is 5.92 Å². The summed E-state index contributed by atoms with van der Waals surface area (Å²) in [6, 6.07) is 15.2. The molecule has 2 N–H and O–H groups in total. The van der Waals surface area contributed by atoms with Gasteiger partial charge in [0.25, 0.3) is 0 Å². The summed E-state index contributed by atoms with van der Waals surface area (Å²) in [4.78, 5) is 0. The zero-order chi connectivity index (χ0) is 23.6. The fourth-order valence-electron chi connectivity index (χ4n) is 4.84. The van der Waals surface area contributed by atoms with Crippen molar-refractivity contribution in [1.82, 2.24) is 0 Å². The molecule has 0 aliphatic carbocycles. The number of phenolic OH excluding ortho intramolecular Hbond substituents is 2. The molecule has 0 saturated carbocycles. The minimum atomic E-state index is 0.311. The highest BCUT2D eigenvalue weighted by Crippen LogP contribution is 2.32. The Kier molecular flexibility index (Phi) is 14.5. The third-order valence-corrected chi connectivity index (χ3v) is 6.94. The Labute approximate surface area is 203 Å². The molecule has 0 atom stereocenters. The second-order valence-electron chi connectivity index (χ2n) is 9.83. The zero-order valence-electron chi connectivity index (χ0n) is 21.1. The van der Waals surface area contributed by atoms with Gasteiger partial charge >= 0.3 is 0 Å². The number of hydrogen-bond acceptors (Lipinski definition) is 2. The van der Waals surface area contributed by atoms with Gasteiger partial charge in [0.05, 0.1) is 0 Å². The Hall–Kier alpha value is -1.96. The van der Waals surface area contributed by atoms with Crippen LogP contribution < -0.4 is 0 Å². The molecule has 2 aromatic rings. The second-order valence-corrected chi connectivity index (χ2v) is 9.83. The minimum absolute atomic E-state index is 0.311. The van der Waals surface area contributed by atoms with Crippen LogP contribution >= 0.6 is 0 Å². The van der Waals surface area contributed by atoms with Crippen molar-refractivity contribution in [2.24, 2.45) is 0 Å². The maximum atomic E-state index is 9.64. The van der Waals surface area contributed by atoms with E-state index < -0.39 is 0 Å². The first-order valence-corrected chi connectivity index (χ1v) is 13.8. The van der Waals surface area contributed by atoms with Crippen LogP contribution in [-0.2, 0) is 0 Å². The summed E-state index contributed by atoms with van der Waals surface area (Å²) in [5.74, 6) is 0.939. The molecule has 0 heterocycles. The molecule has 33 heavy (non-hydrogen) atoms. The highest BCUT2D eigenvalue weighted by Gasteiger charge is 2.14. The molecule has 2 rings (SSSR count). The van der Waals surface area contributed by atoms with Gasteiger partial charge in [-0.15, -0.1) is 0 Å². The Balaban J connectivity index is 1.53. The van der Waals surface area contributed by atoms with Crippen molar-refractivity contribution in [2.75, 3.05) is 0 Å². The lowest BCUT2D eigenvalue weighted by Crippen LogP contribution is -2.01. The standard InChI is InChI=1S/C31H48O2/c1-2-3-4-5-6-7-8-9-10-11-12-13-14-15-16-17-18-31(27-19-23-29(32)24-20-27)28-21-25-30(33)26-22-28/h19-26,31-33H,2-18H2,1H3. The van der Waals surface area contributed by atoms with E-state index in [-0.39, 0.29) is 0 Å². The van der Waals surface area contributed by atoms with E-state index in [4.69, 9.17) is 0 Å². The van der Waals surface area contributed by atoms with Gasteiger partial charge in [-0.3, -0.25) is 0 Å². The molecule has 0 aliphatic heterocycles. The Morgan fingerprint density at radius 3 is 1.09 bits per heavy atom. The van der Waals surface area contributed by atoms with Gasteiger partial charge in [-0.05, 0) is 41.8 Å². The number of aromatic hydroxyl groups is 2. The fourth-order valence-corrected chi connectivity index (χ4v) is 4.84.